The Labute approximate surface area is 128 Å². The Hall–Kier alpha value is -0.770. The summed E-state index contributed by atoms with van der Waals surface area (Å²) >= 11 is 0. The molecule has 1 unspecified atom stereocenters. The predicted octanol–water partition coefficient (Wildman–Crippen LogP) is 6.75. The van der Waals surface area contributed by atoms with Crippen LogP contribution in [0, 0.1) is 29.1 Å². The normalized spacial score (nSPS) is 17.9. The zero-order valence-corrected chi connectivity index (χ0v) is 15.2. The second-order valence-corrected chi connectivity index (χ2v) is 6.34. The highest BCUT2D eigenvalue weighted by Crippen LogP contribution is 2.36. The lowest BCUT2D eigenvalue weighted by molar-refractivity contribution is 0.485. The second-order valence-electron chi connectivity index (χ2n) is 6.34. The molecule has 1 heteroatoms. The van der Waals surface area contributed by atoms with Gasteiger partial charge in [0.1, 0.15) is 0 Å². The Morgan fingerprint density at radius 2 is 1.35 bits per heavy atom. The number of nitriles is 1. The Balaban J connectivity index is 0. The highest BCUT2D eigenvalue weighted by Gasteiger charge is 2.23. The molecular formula is C19H37N. The van der Waals surface area contributed by atoms with E-state index in [4.69, 9.17) is 5.26 Å². The van der Waals surface area contributed by atoms with Gasteiger partial charge in [-0.1, -0.05) is 79.4 Å². The van der Waals surface area contributed by atoms with Gasteiger partial charge in [0, 0.05) is 0 Å². The molecule has 1 rings (SSSR count). The van der Waals surface area contributed by atoms with E-state index in [2.05, 4.69) is 61.5 Å². The second kappa shape index (κ2) is 13.2. The highest BCUT2D eigenvalue weighted by atomic mass is 14.3. The molecule has 1 aliphatic rings. The molecular weight excluding hydrogens is 242 g/mol. The number of nitrogens with zero attached hydrogens (tertiary/aromatic N) is 1. The van der Waals surface area contributed by atoms with Crippen molar-refractivity contribution in [2.24, 2.45) is 17.8 Å². The van der Waals surface area contributed by atoms with Gasteiger partial charge < -0.3 is 0 Å². The largest absolute Gasteiger partial charge is 0.198 e. The summed E-state index contributed by atoms with van der Waals surface area (Å²) in [6.45, 7) is 17.5. The maximum absolute atomic E-state index is 8.94. The molecule has 0 aromatic carbocycles. The van der Waals surface area contributed by atoms with Gasteiger partial charge in [0.05, 0.1) is 12.0 Å². The van der Waals surface area contributed by atoms with E-state index in [1.165, 1.54) is 12.8 Å². The summed E-state index contributed by atoms with van der Waals surface area (Å²) in [4.78, 5) is 0. The van der Waals surface area contributed by atoms with Crippen LogP contribution in [-0.2, 0) is 0 Å². The third kappa shape index (κ3) is 9.18. The third-order valence-corrected chi connectivity index (χ3v) is 3.22. The minimum atomic E-state index is 0.273. The van der Waals surface area contributed by atoms with Gasteiger partial charge in [-0.05, 0) is 31.1 Å². The number of allylic oxidation sites excluding steroid dienone is 2. The molecule has 0 radical (unpaired) electrons. The van der Waals surface area contributed by atoms with Crippen molar-refractivity contribution in [1.29, 1.82) is 5.26 Å². The summed E-state index contributed by atoms with van der Waals surface area (Å²) in [5.74, 6) is 1.55. The first-order valence-corrected chi connectivity index (χ1v) is 8.50. The summed E-state index contributed by atoms with van der Waals surface area (Å²) in [6.07, 6.45) is 5.73. The van der Waals surface area contributed by atoms with Crippen molar-refractivity contribution in [3.63, 3.8) is 0 Å². The molecule has 0 bridgehead atoms. The molecule has 20 heavy (non-hydrogen) atoms. The van der Waals surface area contributed by atoms with Crippen LogP contribution in [0.3, 0.4) is 0 Å². The van der Waals surface area contributed by atoms with Gasteiger partial charge in [0.25, 0.3) is 0 Å². The van der Waals surface area contributed by atoms with Gasteiger partial charge in [0.15, 0.2) is 0 Å². The monoisotopic (exact) mass is 279 g/mol. The maximum Gasteiger partial charge on any atom is 0.0659 e. The van der Waals surface area contributed by atoms with Gasteiger partial charge in [-0.3, -0.25) is 0 Å². The van der Waals surface area contributed by atoms with Crippen LogP contribution in [-0.4, -0.2) is 0 Å². The van der Waals surface area contributed by atoms with Gasteiger partial charge in [0.2, 0.25) is 0 Å². The van der Waals surface area contributed by atoms with E-state index in [1.807, 2.05) is 0 Å². The van der Waals surface area contributed by atoms with Crippen LogP contribution in [0.4, 0.5) is 0 Å². The summed E-state index contributed by atoms with van der Waals surface area (Å²) in [5, 5.41) is 8.94. The molecule has 1 nitrogen and oxygen atoms in total. The maximum atomic E-state index is 8.94. The van der Waals surface area contributed by atoms with Gasteiger partial charge in [-0.25, -0.2) is 0 Å². The summed E-state index contributed by atoms with van der Waals surface area (Å²) < 4.78 is 0. The van der Waals surface area contributed by atoms with Crippen molar-refractivity contribution in [2.75, 3.05) is 0 Å². The summed E-state index contributed by atoms with van der Waals surface area (Å²) in [5.41, 5.74) is 3.17. The fraction of sp³-hybridized carbons (Fsp3) is 0.842. The molecule has 0 heterocycles. The molecule has 0 saturated heterocycles. The molecule has 0 aromatic heterocycles. The molecule has 118 valence electrons. The predicted molar refractivity (Wildman–Crippen MR) is 91.6 cm³/mol. The van der Waals surface area contributed by atoms with Crippen LogP contribution >= 0.6 is 0 Å². The van der Waals surface area contributed by atoms with E-state index < -0.39 is 0 Å². The molecule has 0 saturated carbocycles. The summed E-state index contributed by atoms with van der Waals surface area (Å²) in [7, 11) is 0. The van der Waals surface area contributed by atoms with E-state index in [0.717, 1.165) is 19.3 Å². The lowest BCUT2D eigenvalue weighted by Crippen LogP contribution is -2.15. The Morgan fingerprint density at radius 1 is 0.950 bits per heavy atom. The Kier molecular flexibility index (Phi) is 14.2. The molecule has 0 aromatic rings. The molecule has 1 aliphatic carbocycles. The lowest BCUT2D eigenvalue weighted by atomic mass is 9.76. The number of rotatable bonds is 2. The van der Waals surface area contributed by atoms with Crippen LogP contribution in [0.5, 0.6) is 0 Å². The van der Waals surface area contributed by atoms with Crippen molar-refractivity contribution < 1.29 is 0 Å². The minimum absolute atomic E-state index is 0.273. The first kappa shape index (κ1) is 21.5. The fourth-order valence-corrected chi connectivity index (χ4v) is 2.37. The smallest absolute Gasteiger partial charge is 0.0659 e. The van der Waals surface area contributed by atoms with Crippen molar-refractivity contribution >= 4 is 0 Å². The van der Waals surface area contributed by atoms with Crippen LogP contribution in [0.25, 0.3) is 0 Å². The lowest BCUT2D eigenvalue weighted by Gasteiger charge is -2.28. The van der Waals surface area contributed by atoms with E-state index in [1.54, 1.807) is 11.1 Å². The van der Waals surface area contributed by atoms with Crippen LogP contribution in [0.2, 0.25) is 0 Å². The van der Waals surface area contributed by atoms with Crippen LogP contribution in [0.1, 0.15) is 87.5 Å². The van der Waals surface area contributed by atoms with Crippen molar-refractivity contribution in [1.82, 2.24) is 0 Å². The van der Waals surface area contributed by atoms with Crippen molar-refractivity contribution in [3.05, 3.63) is 11.1 Å². The highest BCUT2D eigenvalue weighted by molar-refractivity contribution is 5.23. The first-order valence-electron chi connectivity index (χ1n) is 8.50. The first-order chi connectivity index (χ1) is 9.39. The van der Waals surface area contributed by atoms with E-state index in [9.17, 15) is 0 Å². The average Bonchev–Trinajstić information content (AvgIpc) is 2.39. The van der Waals surface area contributed by atoms with Gasteiger partial charge in [-0.15, -0.1) is 0 Å². The third-order valence-electron chi connectivity index (χ3n) is 3.22. The molecule has 0 aliphatic heterocycles. The molecule has 0 spiro atoms. The molecule has 0 N–H and O–H groups in total. The number of hydrogen-bond donors (Lipinski definition) is 0. The van der Waals surface area contributed by atoms with E-state index in [-0.39, 0.29) is 5.92 Å². The fourth-order valence-electron chi connectivity index (χ4n) is 2.37. The molecule has 1 atom stereocenters. The zero-order chi connectivity index (χ0) is 16.1. The molecule has 0 amide bonds. The standard InChI is InChI=1S/C13H21N.2C3H8/c1-9(2)12-6-5-11(8-14)7-13(12)10(3)4;2*1-3-2/h9-11H,5-7H2,1-4H3;2*3H2,1-2H3. The Morgan fingerprint density at radius 3 is 1.65 bits per heavy atom. The van der Waals surface area contributed by atoms with Gasteiger partial charge >= 0.3 is 0 Å². The Bertz CT molecular complexity index is 289. The van der Waals surface area contributed by atoms with Gasteiger partial charge in [-0.2, -0.15) is 5.26 Å². The van der Waals surface area contributed by atoms with Crippen molar-refractivity contribution in [3.8, 4) is 6.07 Å². The quantitative estimate of drug-likeness (QED) is 0.513. The summed E-state index contributed by atoms with van der Waals surface area (Å²) in [6, 6.07) is 2.41. The molecule has 0 fully saturated rings. The minimum Gasteiger partial charge on any atom is -0.198 e. The SMILES string of the molecule is CC(C)C1=C(C(C)C)CC(C#N)CC1.CCC.CCC. The van der Waals surface area contributed by atoms with Crippen LogP contribution in [0.15, 0.2) is 11.1 Å². The topological polar surface area (TPSA) is 23.8 Å². The van der Waals surface area contributed by atoms with E-state index >= 15 is 0 Å². The zero-order valence-electron chi connectivity index (χ0n) is 15.2. The average molecular weight is 280 g/mol. The van der Waals surface area contributed by atoms with E-state index in [0.29, 0.717) is 11.8 Å². The number of hydrogen-bond acceptors (Lipinski definition) is 1. The van der Waals surface area contributed by atoms with Crippen LogP contribution < -0.4 is 0 Å². The van der Waals surface area contributed by atoms with Crippen molar-refractivity contribution in [2.45, 2.75) is 87.5 Å².